The van der Waals surface area contributed by atoms with Gasteiger partial charge in [-0.25, -0.2) is 8.78 Å². The molecule has 3 heteroatoms. The molecule has 0 fully saturated rings. The monoisotopic (exact) mass is 273 g/mol. The Balaban J connectivity index is 2.24. The minimum absolute atomic E-state index is 0.351. The van der Waals surface area contributed by atoms with E-state index in [2.05, 4.69) is 4.99 Å². The van der Waals surface area contributed by atoms with Crippen molar-refractivity contribution in [2.75, 3.05) is 0 Å². The highest BCUT2D eigenvalue weighted by Crippen LogP contribution is 2.21. The van der Waals surface area contributed by atoms with Crippen LogP contribution in [0.1, 0.15) is 35.2 Å². The lowest BCUT2D eigenvalue weighted by Gasteiger charge is -2.08. The Kier molecular flexibility index (Phi) is 4.28. The number of aryl methyl sites for hydroxylation is 2. The first-order chi connectivity index (χ1) is 9.47. The molecule has 2 rings (SSSR count). The minimum Gasteiger partial charge on any atom is -0.285 e. The zero-order chi connectivity index (χ0) is 14.7. The Bertz CT molecular complexity index is 647. The molecule has 20 heavy (non-hydrogen) atoms. The lowest BCUT2D eigenvalue weighted by atomic mass is 10.1. The summed E-state index contributed by atoms with van der Waals surface area (Å²) in [6.45, 7) is 5.81. The number of benzene rings is 2. The molecule has 0 heterocycles. The summed E-state index contributed by atoms with van der Waals surface area (Å²) in [5, 5.41) is 0. The van der Waals surface area contributed by atoms with E-state index in [0.29, 0.717) is 5.56 Å². The molecule has 0 saturated carbocycles. The summed E-state index contributed by atoms with van der Waals surface area (Å²) in [4.78, 5) is 4.37. The molecule has 0 amide bonds. The van der Waals surface area contributed by atoms with Gasteiger partial charge in [0.2, 0.25) is 0 Å². The van der Waals surface area contributed by atoms with Crippen LogP contribution in [-0.2, 0) is 0 Å². The topological polar surface area (TPSA) is 12.4 Å². The van der Waals surface area contributed by atoms with E-state index in [-0.39, 0.29) is 6.04 Å². The normalized spacial score (nSPS) is 12.8. The van der Waals surface area contributed by atoms with E-state index in [9.17, 15) is 8.78 Å². The second-order valence-electron chi connectivity index (χ2n) is 4.98. The van der Waals surface area contributed by atoms with Gasteiger partial charge in [-0.15, -0.1) is 0 Å². The number of hydrogen-bond donors (Lipinski definition) is 0. The summed E-state index contributed by atoms with van der Waals surface area (Å²) in [6, 6.07) is 9.33. The fourth-order valence-electron chi connectivity index (χ4n) is 2.01. The van der Waals surface area contributed by atoms with Gasteiger partial charge < -0.3 is 0 Å². The molecule has 0 radical (unpaired) electrons. The summed E-state index contributed by atoms with van der Waals surface area (Å²) in [5.41, 5.74) is 3.68. The third kappa shape index (κ3) is 3.29. The van der Waals surface area contributed by atoms with Crippen LogP contribution < -0.4 is 0 Å². The van der Waals surface area contributed by atoms with Gasteiger partial charge in [-0.3, -0.25) is 4.99 Å². The van der Waals surface area contributed by atoms with E-state index in [1.54, 1.807) is 13.1 Å². The molecule has 0 saturated heterocycles. The summed E-state index contributed by atoms with van der Waals surface area (Å²) in [7, 11) is 0. The van der Waals surface area contributed by atoms with Crippen molar-refractivity contribution in [1.29, 1.82) is 0 Å². The number of nitrogens with zero attached hydrogens (tertiary/aromatic N) is 1. The van der Waals surface area contributed by atoms with Gasteiger partial charge in [-0.1, -0.05) is 29.8 Å². The van der Waals surface area contributed by atoms with Gasteiger partial charge >= 0.3 is 0 Å². The maximum atomic E-state index is 13.7. The largest absolute Gasteiger partial charge is 0.285 e. The molecule has 0 aliphatic carbocycles. The Morgan fingerprint density at radius 3 is 2.50 bits per heavy atom. The Morgan fingerprint density at radius 1 is 1.05 bits per heavy atom. The predicted molar refractivity (Wildman–Crippen MR) is 78.3 cm³/mol. The van der Waals surface area contributed by atoms with Crippen LogP contribution in [0.5, 0.6) is 0 Å². The molecule has 0 N–H and O–H groups in total. The summed E-state index contributed by atoms with van der Waals surface area (Å²) < 4.78 is 26.5. The van der Waals surface area contributed by atoms with Crippen LogP contribution in [0.4, 0.5) is 8.78 Å². The fraction of sp³-hybridized carbons (Fsp3) is 0.235. The molecule has 1 unspecified atom stereocenters. The van der Waals surface area contributed by atoms with Crippen LogP contribution in [-0.4, -0.2) is 6.21 Å². The standard InChI is InChI=1S/C17H17F2N/c1-11-4-5-12(2)14(8-11)10-20-13(3)16-7-6-15(18)9-17(16)19/h4-10,13H,1-3H3/b20-10-. The van der Waals surface area contributed by atoms with Crippen molar-refractivity contribution >= 4 is 6.21 Å². The quantitative estimate of drug-likeness (QED) is 0.715. The van der Waals surface area contributed by atoms with Crippen molar-refractivity contribution < 1.29 is 8.78 Å². The Morgan fingerprint density at radius 2 is 1.80 bits per heavy atom. The zero-order valence-electron chi connectivity index (χ0n) is 11.8. The summed E-state index contributed by atoms with van der Waals surface area (Å²) in [6.07, 6.45) is 1.75. The highest BCUT2D eigenvalue weighted by molar-refractivity contribution is 5.82. The highest BCUT2D eigenvalue weighted by atomic mass is 19.1. The van der Waals surface area contributed by atoms with Gasteiger partial charge in [-0.05, 0) is 38.0 Å². The molecule has 104 valence electrons. The van der Waals surface area contributed by atoms with E-state index >= 15 is 0 Å². The van der Waals surface area contributed by atoms with Crippen molar-refractivity contribution in [1.82, 2.24) is 0 Å². The molecule has 0 spiro atoms. The minimum atomic E-state index is -0.572. The third-order valence-electron chi connectivity index (χ3n) is 3.28. The zero-order valence-corrected chi connectivity index (χ0v) is 11.8. The second-order valence-corrected chi connectivity index (χ2v) is 4.98. The van der Waals surface area contributed by atoms with E-state index < -0.39 is 11.6 Å². The fourth-order valence-corrected chi connectivity index (χ4v) is 2.01. The molecule has 1 atom stereocenters. The molecular formula is C17H17F2N. The smallest absolute Gasteiger partial charge is 0.131 e. The van der Waals surface area contributed by atoms with Crippen molar-refractivity contribution in [2.24, 2.45) is 4.99 Å². The van der Waals surface area contributed by atoms with Gasteiger partial charge in [0, 0.05) is 17.8 Å². The summed E-state index contributed by atoms with van der Waals surface area (Å²) >= 11 is 0. The van der Waals surface area contributed by atoms with Crippen molar-refractivity contribution in [2.45, 2.75) is 26.8 Å². The van der Waals surface area contributed by atoms with E-state index in [1.807, 2.05) is 32.0 Å². The van der Waals surface area contributed by atoms with Crippen LogP contribution in [0.3, 0.4) is 0 Å². The molecule has 0 aliphatic rings. The maximum Gasteiger partial charge on any atom is 0.131 e. The van der Waals surface area contributed by atoms with Crippen molar-refractivity contribution in [3.8, 4) is 0 Å². The maximum absolute atomic E-state index is 13.7. The summed E-state index contributed by atoms with van der Waals surface area (Å²) in [5.74, 6) is -1.13. The van der Waals surface area contributed by atoms with Gasteiger partial charge in [0.05, 0.1) is 6.04 Å². The first-order valence-corrected chi connectivity index (χ1v) is 6.53. The third-order valence-corrected chi connectivity index (χ3v) is 3.28. The Labute approximate surface area is 118 Å². The first-order valence-electron chi connectivity index (χ1n) is 6.53. The first kappa shape index (κ1) is 14.4. The van der Waals surface area contributed by atoms with Gasteiger partial charge in [-0.2, -0.15) is 0 Å². The lowest BCUT2D eigenvalue weighted by molar-refractivity contribution is 0.563. The van der Waals surface area contributed by atoms with Crippen LogP contribution >= 0.6 is 0 Å². The molecule has 0 aliphatic heterocycles. The van der Waals surface area contributed by atoms with Crippen LogP contribution in [0.25, 0.3) is 0 Å². The molecule has 0 aromatic heterocycles. The van der Waals surface area contributed by atoms with E-state index in [1.165, 1.54) is 12.1 Å². The second kappa shape index (κ2) is 5.95. The molecule has 2 aromatic carbocycles. The van der Waals surface area contributed by atoms with Gasteiger partial charge in [0.25, 0.3) is 0 Å². The molecule has 2 aromatic rings. The van der Waals surface area contributed by atoms with Gasteiger partial charge in [0.1, 0.15) is 11.6 Å². The van der Waals surface area contributed by atoms with Crippen molar-refractivity contribution in [3.63, 3.8) is 0 Å². The van der Waals surface area contributed by atoms with E-state index in [0.717, 1.165) is 22.8 Å². The Hall–Kier alpha value is -2.03. The number of rotatable bonds is 3. The molecule has 1 nitrogen and oxygen atoms in total. The SMILES string of the molecule is Cc1ccc(C)c(/C=N\C(C)c2ccc(F)cc2F)c1. The van der Waals surface area contributed by atoms with Crippen LogP contribution in [0, 0.1) is 25.5 Å². The predicted octanol–water partition coefficient (Wildman–Crippen LogP) is 4.76. The molecule has 0 bridgehead atoms. The van der Waals surface area contributed by atoms with E-state index in [4.69, 9.17) is 0 Å². The van der Waals surface area contributed by atoms with Gasteiger partial charge in [0.15, 0.2) is 0 Å². The average Bonchev–Trinajstić information content (AvgIpc) is 2.39. The van der Waals surface area contributed by atoms with Crippen LogP contribution in [0.15, 0.2) is 41.4 Å². The van der Waals surface area contributed by atoms with Crippen LogP contribution in [0.2, 0.25) is 0 Å². The average molecular weight is 273 g/mol. The number of halogens is 2. The highest BCUT2D eigenvalue weighted by Gasteiger charge is 2.10. The van der Waals surface area contributed by atoms with Crippen molar-refractivity contribution in [3.05, 3.63) is 70.3 Å². The molecular weight excluding hydrogens is 256 g/mol. The number of hydrogen-bond acceptors (Lipinski definition) is 1. The number of aliphatic imine (C=N–C) groups is 1. The lowest BCUT2D eigenvalue weighted by Crippen LogP contribution is -1.97.